The number of hydrogen-bond donors (Lipinski definition) is 1. The number of aliphatic hydroxyl groups is 1. The van der Waals surface area contributed by atoms with Gasteiger partial charge < -0.3 is 14.6 Å². The van der Waals surface area contributed by atoms with Crippen LogP contribution in [0.25, 0.3) is 10.9 Å². The zero-order valence-electron chi connectivity index (χ0n) is 16.1. The quantitative estimate of drug-likeness (QED) is 0.786. The molecule has 0 aliphatic carbocycles. The minimum Gasteiger partial charge on any atom is -0.384 e. The lowest BCUT2D eigenvalue weighted by molar-refractivity contribution is 0.0381. The molecule has 0 bridgehead atoms. The predicted octanol–water partition coefficient (Wildman–Crippen LogP) is 3.55. The fraction of sp³-hybridized carbons (Fsp3) is 0.409. The Hall–Kier alpha value is -2.17. The van der Waals surface area contributed by atoms with Gasteiger partial charge in [-0.05, 0) is 51.6 Å². The summed E-state index contributed by atoms with van der Waals surface area (Å²) in [6.07, 6.45) is 2.81. The fourth-order valence-corrected chi connectivity index (χ4v) is 4.06. The van der Waals surface area contributed by atoms with Crippen molar-refractivity contribution in [3.63, 3.8) is 0 Å². The fourth-order valence-electron chi connectivity index (χ4n) is 4.06. The zero-order valence-corrected chi connectivity index (χ0v) is 16.1. The highest BCUT2D eigenvalue weighted by atomic mass is 16.3. The van der Waals surface area contributed by atoms with E-state index in [0.717, 1.165) is 30.8 Å². The van der Waals surface area contributed by atoms with Crippen LogP contribution in [0, 0.1) is 13.8 Å². The number of hydrogen-bond acceptors (Lipinski definition) is 3. The van der Waals surface area contributed by atoms with Gasteiger partial charge in [-0.15, -0.1) is 0 Å². The van der Waals surface area contributed by atoms with Gasteiger partial charge in [0.15, 0.2) is 0 Å². The summed E-state index contributed by atoms with van der Waals surface area (Å²) in [5.74, 6) is 0. The highest BCUT2D eigenvalue weighted by Crippen LogP contribution is 2.34. The summed E-state index contributed by atoms with van der Waals surface area (Å²) in [5, 5.41) is 12.6. The summed E-state index contributed by atoms with van der Waals surface area (Å²) in [6, 6.07) is 10.6. The molecule has 0 saturated carbocycles. The van der Waals surface area contributed by atoms with E-state index in [1.807, 2.05) is 26.0 Å². The van der Waals surface area contributed by atoms with E-state index in [2.05, 4.69) is 46.6 Å². The molecule has 1 unspecified atom stereocenters. The Kier molecular flexibility index (Phi) is 4.13. The van der Waals surface area contributed by atoms with Gasteiger partial charge in [-0.25, -0.2) is 0 Å². The van der Waals surface area contributed by atoms with Crippen LogP contribution in [0.15, 0.2) is 36.5 Å². The summed E-state index contributed by atoms with van der Waals surface area (Å²) < 4.78 is 2.33. The number of fused-ring (bicyclic) bond motifs is 3. The molecule has 0 saturated heterocycles. The van der Waals surface area contributed by atoms with Crippen LogP contribution in [0.4, 0.5) is 0 Å². The molecule has 3 aromatic rings. The van der Waals surface area contributed by atoms with E-state index in [9.17, 15) is 5.11 Å². The van der Waals surface area contributed by atoms with E-state index in [4.69, 9.17) is 0 Å². The van der Waals surface area contributed by atoms with Crippen molar-refractivity contribution in [2.75, 3.05) is 13.6 Å². The molecular formula is C22H27N3O. The highest BCUT2D eigenvalue weighted by Gasteiger charge is 2.29. The van der Waals surface area contributed by atoms with Crippen LogP contribution in [0.2, 0.25) is 0 Å². The van der Waals surface area contributed by atoms with Gasteiger partial charge in [0.25, 0.3) is 0 Å². The second kappa shape index (κ2) is 6.22. The second-order valence-electron chi connectivity index (χ2n) is 7.98. The molecule has 136 valence electrons. The predicted molar refractivity (Wildman–Crippen MR) is 105 cm³/mol. The Bertz CT molecular complexity index is 954. The summed E-state index contributed by atoms with van der Waals surface area (Å²) in [4.78, 5) is 6.74. The van der Waals surface area contributed by atoms with Crippen molar-refractivity contribution >= 4 is 10.9 Å². The van der Waals surface area contributed by atoms with Gasteiger partial charge in [0, 0.05) is 53.6 Å². The van der Waals surface area contributed by atoms with Gasteiger partial charge in [-0.1, -0.05) is 17.7 Å². The number of benzene rings is 1. The Morgan fingerprint density at radius 1 is 1.19 bits per heavy atom. The van der Waals surface area contributed by atoms with Gasteiger partial charge in [0.1, 0.15) is 5.60 Å². The Labute approximate surface area is 155 Å². The molecule has 0 fully saturated rings. The summed E-state index contributed by atoms with van der Waals surface area (Å²) >= 11 is 0. The first kappa shape index (κ1) is 17.3. The van der Waals surface area contributed by atoms with E-state index in [0.29, 0.717) is 6.54 Å². The molecule has 1 aliphatic heterocycles. The van der Waals surface area contributed by atoms with Gasteiger partial charge in [-0.3, -0.25) is 4.98 Å². The molecule has 4 nitrogen and oxygen atoms in total. The molecule has 1 atom stereocenters. The van der Waals surface area contributed by atoms with E-state index in [1.54, 1.807) is 6.20 Å². The van der Waals surface area contributed by atoms with E-state index < -0.39 is 5.60 Å². The maximum Gasteiger partial charge on any atom is 0.106 e. The van der Waals surface area contributed by atoms with Crippen molar-refractivity contribution in [1.82, 2.24) is 14.5 Å². The normalized spacial score (nSPS) is 17.3. The minimum absolute atomic E-state index is 0.538. The van der Waals surface area contributed by atoms with Crippen molar-refractivity contribution in [2.24, 2.45) is 0 Å². The zero-order chi connectivity index (χ0) is 18.5. The molecule has 2 aromatic heterocycles. The topological polar surface area (TPSA) is 41.3 Å². The van der Waals surface area contributed by atoms with Gasteiger partial charge in [0.2, 0.25) is 0 Å². The van der Waals surface area contributed by atoms with Crippen LogP contribution in [-0.2, 0) is 25.1 Å². The Morgan fingerprint density at radius 2 is 2.00 bits per heavy atom. The molecule has 4 rings (SSSR count). The molecule has 1 N–H and O–H groups in total. The van der Waals surface area contributed by atoms with Gasteiger partial charge in [0.05, 0.1) is 6.54 Å². The first-order valence-electron chi connectivity index (χ1n) is 9.30. The van der Waals surface area contributed by atoms with Crippen molar-refractivity contribution in [1.29, 1.82) is 0 Å². The SMILES string of the molecule is Cc1ccc2c(c1)c1c(n2CC(C)(O)c2ccc(C)nc2)CCN(C)C1. The van der Waals surface area contributed by atoms with E-state index >= 15 is 0 Å². The molecule has 0 spiro atoms. The summed E-state index contributed by atoms with van der Waals surface area (Å²) in [7, 11) is 2.18. The number of nitrogens with zero attached hydrogens (tertiary/aromatic N) is 3. The average Bonchev–Trinajstić information content (AvgIpc) is 2.87. The van der Waals surface area contributed by atoms with Crippen LogP contribution < -0.4 is 0 Å². The maximum absolute atomic E-state index is 11.2. The third-order valence-corrected chi connectivity index (χ3v) is 5.60. The summed E-state index contributed by atoms with van der Waals surface area (Å²) in [5.41, 5.74) is 6.13. The first-order valence-corrected chi connectivity index (χ1v) is 9.30. The van der Waals surface area contributed by atoms with Crippen molar-refractivity contribution in [2.45, 2.75) is 45.9 Å². The van der Waals surface area contributed by atoms with Gasteiger partial charge in [-0.2, -0.15) is 0 Å². The van der Waals surface area contributed by atoms with E-state index in [1.165, 1.54) is 27.7 Å². The highest BCUT2D eigenvalue weighted by molar-refractivity contribution is 5.86. The largest absolute Gasteiger partial charge is 0.384 e. The Morgan fingerprint density at radius 3 is 2.73 bits per heavy atom. The molecule has 0 radical (unpaired) electrons. The molecule has 26 heavy (non-hydrogen) atoms. The van der Waals surface area contributed by atoms with Gasteiger partial charge >= 0.3 is 0 Å². The molecule has 1 aliphatic rings. The molecular weight excluding hydrogens is 322 g/mol. The average molecular weight is 349 g/mol. The smallest absolute Gasteiger partial charge is 0.106 e. The molecule has 4 heteroatoms. The third kappa shape index (κ3) is 2.93. The number of rotatable bonds is 3. The molecule has 1 aromatic carbocycles. The summed E-state index contributed by atoms with van der Waals surface area (Å²) in [6.45, 7) is 8.56. The Balaban J connectivity index is 1.82. The van der Waals surface area contributed by atoms with Crippen LogP contribution >= 0.6 is 0 Å². The van der Waals surface area contributed by atoms with Crippen LogP contribution in [0.3, 0.4) is 0 Å². The maximum atomic E-state index is 11.2. The molecule has 0 amide bonds. The van der Waals surface area contributed by atoms with Crippen molar-refractivity contribution in [3.05, 3.63) is 64.6 Å². The third-order valence-electron chi connectivity index (χ3n) is 5.60. The van der Waals surface area contributed by atoms with Crippen LogP contribution in [0.5, 0.6) is 0 Å². The van der Waals surface area contributed by atoms with E-state index in [-0.39, 0.29) is 0 Å². The van der Waals surface area contributed by atoms with Crippen molar-refractivity contribution < 1.29 is 5.11 Å². The lowest BCUT2D eigenvalue weighted by atomic mass is 9.97. The molecule has 3 heterocycles. The van der Waals surface area contributed by atoms with Crippen molar-refractivity contribution in [3.8, 4) is 0 Å². The number of aryl methyl sites for hydroxylation is 2. The van der Waals surface area contributed by atoms with Crippen LogP contribution in [0.1, 0.15) is 35.0 Å². The second-order valence-corrected chi connectivity index (χ2v) is 7.98. The first-order chi connectivity index (χ1) is 12.3. The number of aromatic nitrogens is 2. The lowest BCUT2D eigenvalue weighted by Crippen LogP contribution is -2.31. The minimum atomic E-state index is -0.964. The number of likely N-dealkylation sites (N-methyl/N-ethyl adjacent to an activating group) is 1. The number of pyridine rings is 1. The standard InChI is InChI=1S/C22H27N3O/c1-15-5-8-20-18(11-15)19-13-24(4)10-9-21(19)25(20)14-22(3,26)17-7-6-16(2)23-12-17/h5-8,11-12,26H,9-10,13-14H2,1-4H3. The lowest BCUT2D eigenvalue weighted by Gasteiger charge is -2.28. The monoisotopic (exact) mass is 349 g/mol. The van der Waals surface area contributed by atoms with Crippen LogP contribution in [-0.4, -0.2) is 33.1 Å².